The number of nitrogens with zero attached hydrogens (tertiary/aromatic N) is 4. The highest BCUT2D eigenvalue weighted by Crippen LogP contribution is 2.28. The van der Waals surface area contributed by atoms with Crippen molar-refractivity contribution in [3.8, 4) is 6.07 Å². The van der Waals surface area contributed by atoms with Crippen molar-refractivity contribution in [1.29, 1.82) is 5.26 Å². The molecule has 1 aromatic rings. The summed E-state index contributed by atoms with van der Waals surface area (Å²) >= 11 is 0. The third kappa shape index (κ3) is 4.28. The highest BCUT2D eigenvalue weighted by Gasteiger charge is 2.34. The lowest BCUT2D eigenvalue weighted by Gasteiger charge is -2.26. The SMILES string of the molecule is CC1(S(N)(=O)=O)C=CC(Nc2ncc(C#N)c(N3CCCCCC3)n2)=CC1. The first kappa shape index (κ1) is 19.3. The average molecular weight is 388 g/mol. The number of anilines is 2. The molecule has 3 rings (SSSR count). The quantitative estimate of drug-likeness (QED) is 0.808. The molecule has 0 amide bonds. The van der Waals surface area contributed by atoms with Crippen LogP contribution in [0.25, 0.3) is 0 Å². The maximum atomic E-state index is 11.7. The van der Waals surface area contributed by atoms with Crippen LogP contribution in [0.2, 0.25) is 0 Å². The molecule has 0 aromatic carbocycles. The molecule has 1 aliphatic carbocycles. The van der Waals surface area contributed by atoms with E-state index in [0.29, 0.717) is 23.0 Å². The Morgan fingerprint density at radius 2 is 2.00 bits per heavy atom. The van der Waals surface area contributed by atoms with E-state index in [0.717, 1.165) is 25.9 Å². The van der Waals surface area contributed by atoms with Crippen LogP contribution in [0.4, 0.5) is 11.8 Å². The maximum absolute atomic E-state index is 11.7. The van der Waals surface area contributed by atoms with Crippen LogP contribution in [0.5, 0.6) is 0 Å². The van der Waals surface area contributed by atoms with Crippen LogP contribution in [-0.4, -0.2) is 36.2 Å². The van der Waals surface area contributed by atoms with E-state index in [1.807, 2.05) is 0 Å². The lowest BCUT2D eigenvalue weighted by molar-refractivity contribution is 0.564. The van der Waals surface area contributed by atoms with Gasteiger partial charge in [-0.25, -0.2) is 18.5 Å². The fraction of sp³-hybridized carbons (Fsp3) is 0.500. The second-order valence-corrected chi connectivity index (χ2v) is 9.15. The number of nitrogens with two attached hydrogens (primary N) is 1. The van der Waals surface area contributed by atoms with Gasteiger partial charge in [0.05, 0.1) is 6.20 Å². The van der Waals surface area contributed by atoms with E-state index in [9.17, 15) is 13.7 Å². The van der Waals surface area contributed by atoms with Crippen molar-refractivity contribution in [2.24, 2.45) is 5.14 Å². The molecule has 1 unspecified atom stereocenters. The number of primary sulfonamides is 1. The summed E-state index contributed by atoms with van der Waals surface area (Å²) in [6.07, 6.45) is 11.3. The fourth-order valence-corrected chi connectivity index (χ4v) is 3.76. The van der Waals surface area contributed by atoms with E-state index in [1.165, 1.54) is 19.0 Å². The number of aromatic nitrogens is 2. The van der Waals surface area contributed by atoms with Gasteiger partial charge >= 0.3 is 0 Å². The summed E-state index contributed by atoms with van der Waals surface area (Å²) in [5.41, 5.74) is 1.15. The van der Waals surface area contributed by atoms with Crippen molar-refractivity contribution in [2.75, 3.05) is 23.3 Å². The third-order valence-corrected chi connectivity index (χ3v) is 6.65. The van der Waals surface area contributed by atoms with Crippen molar-refractivity contribution in [1.82, 2.24) is 9.97 Å². The average Bonchev–Trinajstić information content (AvgIpc) is 2.92. The Bertz CT molecular complexity index is 910. The van der Waals surface area contributed by atoms with Crippen molar-refractivity contribution in [2.45, 2.75) is 43.8 Å². The van der Waals surface area contributed by atoms with Crippen LogP contribution in [0.15, 0.2) is 30.1 Å². The molecule has 0 saturated carbocycles. The minimum Gasteiger partial charge on any atom is -0.355 e. The number of allylic oxidation sites excluding steroid dienone is 2. The summed E-state index contributed by atoms with van der Waals surface area (Å²) in [5, 5.41) is 17.8. The van der Waals surface area contributed by atoms with Gasteiger partial charge in [-0.1, -0.05) is 25.0 Å². The van der Waals surface area contributed by atoms with Gasteiger partial charge in [0, 0.05) is 18.8 Å². The fourth-order valence-electron chi connectivity index (χ4n) is 3.18. The number of nitrogens with one attached hydrogen (secondary N) is 1. The topological polar surface area (TPSA) is 125 Å². The summed E-state index contributed by atoms with van der Waals surface area (Å²) in [6, 6.07) is 2.17. The van der Waals surface area contributed by atoms with Gasteiger partial charge in [0.1, 0.15) is 16.4 Å². The first-order valence-corrected chi connectivity index (χ1v) is 10.6. The van der Waals surface area contributed by atoms with Gasteiger partial charge in [0.2, 0.25) is 16.0 Å². The predicted molar refractivity (Wildman–Crippen MR) is 104 cm³/mol. The number of hydrogen-bond donors (Lipinski definition) is 2. The van der Waals surface area contributed by atoms with E-state index in [4.69, 9.17) is 5.14 Å². The van der Waals surface area contributed by atoms with E-state index < -0.39 is 14.8 Å². The summed E-state index contributed by atoms with van der Waals surface area (Å²) in [7, 11) is -3.69. The van der Waals surface area contributed by atoms with Crippen molar-refractivity contribution in [3.05, 3.63) is 35.7 Å². The third-order valence-electron chi connectivity index (χ3n) is 5.04. The van der Waals surface area contributed by atoms with Gasteiger partial charge in [0.25, 0.3) is 0 Å². The van der Waals surface area contributed by atoms with Crippen LogP contribution in [0.3, 0.4) is 0 Å². The Kier molecular flexibility index (Phi) is 5.48. The van der Waals surface area contributed by atoms with E-state index in [2.05, 4.69) is 26.3 Å². The van der Waals surface area contributed by atoms with Crippen LogP contribution in [-0.2, 0) is 10.0 Å². The van der Waals surface area contributed by atoms with Crippen LogP contribution in [0.1, 0.15) is 44.6 Å². The van der Waals surface area contributed by atoms with Gasteiger partial charge in [0.15, 0.2) is 5.82 Å². The Morgan fingerprint density at radius 3 is 2.56 bits per heavy atom. The summed E-state index contributed by atoms with van der Waals surface area (Å²) in [6.45, 7) is 3.34. The molecule has 0 bridgehead atoms. The van der Waals surface area contributed by atoms with E-state index in [1.54, 1.807) is 25.2 Å². The molecule has 1 fully saturated rings. The Balaban J connectivity index is 1.80. The van der Waals surface area contributed by atoms with E-state index in [-0.39, 0.29) is 6.42 Å². The molecule has 0 radical (unpaired) electrons. The summed E-state index contributed by atoms with van der Waals surface area (Å²) in [5.74, 6) is 1.02. The number of sulfonamides is 1. The predicted octanol–water partition coefficient (Wildman–Crippen LogP) is 2.03. The zero-order valence-corrected chi connectivity index (χ0v) is 16.2. The second-order valence-electron chi connectivity index (χ2n) is 7.12. The summed E-state index contributed by atoms with van der Waals surface area (Å²) < 4.78 is 22.3. The highest BCUT2D eigenvalue weighted by atomic mass is 32.2. The Morgan fingerprint density at radius 1 is 1.30 bits per heavy atom. The molecule has 1 aliphatic heterocycles. The molecule has 0 spiro atoms. The van der Waals surface area contributed by atoms with E-state index >= 15 is 0 Å². The number of hydrogen-bond acceptors (Lipinski definition) is 7. The molecule has 2 aliphatic rings. The van der Waals surface area contributed by atoms with Crippen molar-refractivity contribution < 1.29 is 8.42 Å². The summed E-state index contributed by atoms with van der Waals surface area (Å²) in [4.78, 5) is 10.9. The second kappa shape index (κ2) is 7.66. The van der Waals surface area contributed by atoms with Crippen LogP contribution in [0, 0.1) is 11.3 Å². The lowest BCUT2D eigenvalue weighted by atomic mass is 10.0. The molecule has 9 heteroatoms. The molecule has 27 heavy (non-hydrogen) atoms. The van der Waals surface area contributed by atoms with Gasteiger partial charge < -0.3 is 10.2 Å². The number of rotatable bonds is 4. The monoisotopic (exact) mass is 388 g/mol. The first-order valence-electron chi connectivity index (χ1n) is 9.03. The molecular formula is C18H24N6O2S. The standard InChI is InChI=1S/C18H24N6O2S/c1-18(27(20,25)26)8-6-15(7-9-18)22-17-21-13-14(12-19)16(23-17)24-10-4-2-3-5-11-24/h6-8,13H,2-5,9-11H2,1H3,(H2,20,25,26)(H,21,22,23). The van der Waals surface area contributed by atoms with Gasteiger partial charge in [-0.15, -0.1) is 0 Å². The molecule has 3 N–H and O–H groups in total. The normalized spacial score (nSPS) is 23.3. The minimum absolute atomic E-state index is 0.264. The van der Waals surface area contributed by atoms with Gasteiger partial charge in [-0.05, 0) is 32.3 Å². The Labute approximate surface area is 159 Å². The zero-order valence-electron chi connectivity index (χ0n) is 15.4. The molecule has 2 heterocycles. The minimum atomic E-state index is -3.69. The maximum Gasteiger partial charge on any atom is 0.229 e. The highest BCUT2D eigenvalue weighted by molar-refractivity contribution is 7.90. The van der Waals surface area contributed by atoms with Gasteiger partial charge in [-0.3, -0.25) is 0 Å². The van der Waals surface area contributed by atoms with Crippen LogP contribution < -0.4 is 15.4 Å². The van der Waals surface area contributed by atoms with Crippen LogP contribution >= 0.6 is 0 Å². The van der Waals surface area contributed by atoms with Gasteiger partial charge in [-0.2, -0.15) is 10.2 Å². The number of nitriles is 1. The molecule has 8 nitrogen and oxygen atoms in total. The van der Waals surface area contributed by atoms with Crippen molar-refractivity contribution >= 4 is 21.8 Å². The molecule has 1 aromatic heterocycles. The molecule has 1 saturated heterocycles. The molecule has 1 atom stereocenters. The first-order chi connectivity index (χ1) is 12.8. The van der Waals surface area contributed by atoms with Crippen molar-refractivity contribution in [3.63, 3.8) is 0 Å². The molecular weight excluding hydrogens is 364 g/mol. The zero-order chi connectivity index (χ0) is 19.5. The largest absolute Gasteiger partial charge is 0.355 e. The lowest BCUT2D eigenvalue weighted by Crippen LogP contribution is -2.39. The molecule has 144 valence electrons. The smallest absolute Gasteiger partial charge is 0.229 e. The Hall–Kier alpha value is -2.44.